The lowest BCUT2D eigenvalue weighted by Gasteiger charge is -2.16. The van der Waals surface area contributed by atoms with Gasteiger partial charge in [-0.05, 0) is 6.42 Å². The number of hydrogen-bond acceptors (Lipinski definition) is 3. The zero-order valence-electron chi connectivity index (χ0n) is 6.12. The molecule has 3 nitrogen and oxygen atoms in total. The third-order valence-electron chi connectivity index (χ3n) is 1.92. The van der Waals surface area contributed by atoms with Gasteiger partial charge < -0.3 is 15.3 Å². The highest BCUT2D eigenvalue weighted by molar-refractivity contribution is 5.54. The Labute approximate surface area is 60.5 Å². The molecule has 58 valence electrons. The van der Waals surface area contributed by atoms with Gasteiger partial charge in [0.1, 0.15) is 6.29 Å². The van der Waals surface area contributed by atoms with Crippen LogP contribution in [0.25, 0.3) is 0 Å². The van der Waals surface area contributed by atoms with Crippen LogP contribution >= 0.6 is 0 Å². The fraction of sp³-hybridized carbons (Fsp3) is 0.857. The summed E-state index contributed by atoms with van der Waals surface area (Å²) in [6.45, 7) is 2.53. The molecule has 0 bridgehead atoms. The van der Waals surface area contributed by atoms with E-state index in [0.29, 0.717) is 6.61 Å². The molecule has 0 spiro atoms. The summed E-state index contributed by atoms with van der Waals surface area (Å²) < 4.78 is 5.26. The summed E-state index contributed by atoms with van der Waals surface area (Å²) in [5.74, 6) is -0.0579. The number of aldehydes is 1. The Morgan fingerprint density at radius 3 is 2.90 bits per heavy atom. The van der Waals surface area contributed by atoms with E-state index >= 15 is 0 Å². The second-order valence-electron chi connectivity index (χ2n) is 2.78. The maximum Gasteiger partial charge on any atom is 0.125 e. The molecule has 1 rings (SSSR count). The smallest absolute Gasteiger partial charge is 0.125 e. The zero-order chi connectivity index (χ0) is 7.56. The van der Waals surface area contributed by atoms with Crippen LogP contribution in [0.1, 0.15) is 13.3 Å². The van der Waals surface area contributed by atoms with Crippen molar-refractivity contribution in [2.24, 2.45) is 11.7 Å². The highest BCUT2D eigenvalue weighted by Gasteiger charge is 2.29. The molecule has 0 aromatic heterocycles. The summed E-state index contributed by atoms with van der Waals surface area (Å²) >= 11 is 0. The van der Waals surface area contributed by atoms with E-state index in [2.05, 4.69) is 0 Å². The first-order chi connectivity index (χ1) is 4.75. The van der Waals surface area contributed by atoms with E-state index in [4.69, 9.17) is 10.5 Å². The van der Waals surface area contributed by atoms with Gasteiger partial charge in [0.15, 0.2) is 0 Å². The van der Waals surface area contributed by atoms with E-state index in [1.54, 1.807) is 0 Å². The standard InChI is InChI=1S/C7H13NO2/c1-5(4-9)7-6(8)2-3-10-7/h4-7H,2-3,8H2,1H3/t5?,6?,7-/m1/s1. The fourth-order valence-electron chi connectivity index (χ4n) is 1.25. The minimum Gasteiger partial charge on any atom is -0.376 e. The molecule has 2 unspecified atom stereocenters. The Kier molecular flexibility index (Phi) is 2.40. The maximum atomic E-state index is 10.3. The zero-order valence-corrected chi connectivity index (χ0v) is 6.12. The second kappa shape index (κ2) is 3.12. The fourth-order valence-corrected chi connectivity index (χ4v) is 1.25. The Bertz CT molecular complexity index is 127. The lowest BCUT2D eigenvalue weighted by atomic mass is 10.0. The molecule has 1 aliphatic heterocycles. The Balaban J connectivity index is 2.46. The van der Waals surface area contributed by atoms with Crippen molar-refractivity contribution >= 4 is 6.29 Å². The van der Waals surface area contributed by atoms with Crippen LogP contribution in [0.2, 0.25) is 0 Å². The van der Waals surface area contributed by atoms with Crippen molar-refractivity contribution in [2.45, 2.75) is 25.5 Å². The Morgan fingerprint density at radius 1 is 1.80 bits per heavy atom. The summed E-state index contributed by atoms with van der Waals surface area (Å²) in [5, 5.41) is 0. The van der Waals surface area contributed by atoms with Gasteiger partial charge in [0.05, 0.1) is 6.10 Å². The molecule has 3 heteroatoms. The number of rotatable bonds is 2. The van der Waals surface area contributed by atoms with E-state index in [1.807, 2.05) is 6.92 Å². The third-order valence-corrected chi connectivity index (χ3v) is 1.92. The lowest BCUT2D eigenvalue weighted by molar-refractivity contribution is -0.114. The third kappa shape index (κ3) is 1.36. The van der Waals surface area contributed by atoms with Crippen molar-refractivity contribution in [1.82, 2.24) is 0 Å². The Morgan fingerprint density at radius 2 is 2.50 bits per heavy atom. The number of ether oxygens (including phenoxy) is 1. The van der Waals surface area contributed by atoms with E-state index in [1.165, 1.54) is 0 Å². The van der Waals surface area contributed by atoms with Crippen molar-refractivity contribution < 1.29 is 9.53 Å². The minimum atomic E-state index is -0.0579. The minimum absolute atomic E-state index is 0.0440. The van der Waals surface area contributed by atoms with Gasteiger partial charge in [-0.3, -0.25) is 0 Å². The van der Waals surface area contributed by atoms with Gasteiger partial charge in [-0.2, -0.15) is 0 Å². The van der Waals surface area contributed by atoms with Crippen molar-refractivity contribution in [3.05, 3.63) is 0 Å². The largest absolute Gasteiger partial charge is 0.376 e. The number of hydrogen-bond donors (Lipinski definition) is 1. The van der Waals surface area contributed by atoms with Crippen LogP contribution in [0, 0.1) is 5.92 Å². The van der Waals surface area contributed by atoms with Gasteiger partial charge in [0, 0.05) is 18.6 Å². The lowest BCUT2D eigenvalue weighted by Crippen LogP contribution is -2.35. The van der Waals surface area contributed by atoms with Gasteiger partial charge in [0.2, 0.25) is 0 Å². The molecule has 0 radical (unpaired) electrons. The van der Waals surface area contributed by atoms with E-state index in [-0.39, 0.29) is 18.1 Å². The molecular weight excluding hydrogens is 130 g/mol. The van der Waals surface area contributed by atoms with Crippen LogP contribution in [0.15, 0.2) is 0 Å². The molecule has 1 fully saturated rings. The van der Waals surface area contributed by atoms with Gasteiger partial charge in [-0.1, -0.05) is 6.92 Å². The SMILES string of the molecule is CC(C=O)[C@H]1OCCC1N. The molecule has 0 saturated carbocycles. The number of nitrogens with two attached hydrogens (primary N) is 1. The monoisotopic (exact) mass is 143 g/mol. The van der Waals surface area contributed by atoms with Gasteiger partial charge >= 0.3 is 0 Å². The van der Waals surface area contributed by atoms with Crippen molar-refractivity contribution in [1.29, 1.82) is 0 Å². The van der Waals surface area contributed by atoms with E-state index < -0.39 is 0 Å². The summed E-state index contributed by atoms with van der Waals surface area (Å²) in [4.78, 5) is 10.3. The first-order valence-electron chi connectivity index (χ1n) is 3.58. The quantitative estimate of drug-likeness (QED) is 0.551. The van der Waals surface area contributed by atoms with Crippen molar-refractivity contribution in [2.75, 3.05) is 6.61 Å². The van der Waals surface area contributed by atoms with Crippen LogP contribution in [-0.2, 0) is 9.53 Å². The summed E-state index contributed by atoms with van der Waals surface area (Å²) in [5.41, 5.74) is 5.67. The number of carbonyl (C=O) groups is 1. The summed E-state index contributed by atoms with van der Waals surface area (Å²) in [6.07, 6.45) is 1.73. The van der Waals surface area contributed by atoms with Gasteiger partial charge in [0.25, 0.3) is 0 Å². The van der Waals surface area contributed by atoms with Crippen LogP contribution < -0.4 is 5.73 Å². The summed E-state index contributed by atoms with van der Waals surface area (Å²) in [6, 6.07) is 0.0557. The first-order valence-corrected chi connectivity index (χ1v) is 3.58. The molecule has 1 heterocycles. The second-order valence-corrected chi connectivity index (χ2v) is 2.78. The molecular formula is C7H13NO2. The van der Waals surface area contributed by atoms with E-state index in [0.717, 1.165) is 12.7 Å². The summed E-state index contributed by atoms with van der Waals surface area (Å²) in [7, 11) is 0. The molecule has 0 aromatic rings. The molecule has 1 aliphatic rings. The van der Waals surface area contributed by atoms with E-state index in [9.17, 15) is 4.79 Å². The van der Waals surface area contributed by atoms with Crippen LogP contribution in [0.4, 0.5) is 0 Å². The maximum absolute atomic E-state index is 10.3. The molecule has 0 aliphatic carbocycles. The van der Waals surface area contributed by atoms with Crippen LogP contribution in [-0.4, -0.2) is 25.0 Å². The highest BCUT2D eigenvalue weighted by Crippen LogP contribution is 2.17. The number of carbonyl (C=O) groups excluding carboxylic acids is 1. The normalized spacial score (nSPS) is 35.8. The molecule has 0 aromatic carbocycles. The Hall–Kier alpha value is -0.410. The predicted molar refractivity (Wildman–Crippen MR) is 37.6 cm³/mol. The molecule has 10 heavy (non-hydrogen) atoms. The topological polar surface area (TPSA) is 52.3 Å². The van der Waals surface area contributed by atoms with Crippen molar-refractivity contribution in [3.8, 4) is 0 Å². The highest BCUT2D eigenvalue weighted by atomic mass is 16.5. The average Bonchev–Trinajstić information content (AvgIpc) is 2.34. The molecule has 3 atom stereocenters. The van der Waals surface area contributed by atoms with Crippen molar-refractivity contribution in [3.63, 3.8) is 0 Å². The predicted octanol–water partition coefficient (Wildman–Crippen LogP) is -0.0624. The molecule has 1 saturated heterocycles. The van der Waals surface area contributed by atoms with Gasteiger partial charge in [-0.15, -0.1) is 0 Å². The van der Waals surface area contributed by atoms with Crippen LogP contribution in [0.3, 0.4) is 0 Å². The van der Waals surface area contributed by atoms with Gasteiger partial charge in [-0.25, -0.2) is 0 Å². The molecule has 2 N–H and O–H groups in total. The van der Waals surface area contributed by atoms with Crippen LogP contribution in [0.5, 0.6) is 0 Å². The molecule has 0 amide bonds. The first kappa shape index (κ1) is 7.69. The average molecular weight is 143 g/mol.